The second-order valence-corrected chi connectivity index (χ2v) is 7.73. The van der Waals surface area contributed by atoms with Crippen molar-refractivity contribution in [2.75, 3.05) is 27.2 Å². The number of fused-ring (bicyclic) bond motifs is 1. The molecule has 0 bridgehead atoms. The molecule has 1 amide bonds. The molecular weight excluding hydrogens is 352 g/mol. The van der Waals surface area contributed by atoms with Crippen molar-refractivity contribution in [3.8, 4) is 11.1 Å². The predicted octanol–water partition coefficient (Wildman–Crippen LogP) is 2.13. The van der Waals surface area contributed by atoms with Gasteiger partial charge in [0.25, 0.3) is 0 Å². The Morgan fingerprint density at radius 1 is 1.14 bits per heavy atom. The quantitative estimate of drug-likeness (QED) is 0.696. The Morgan fingerprint density at radius 2 is 1.93 bits per heavy atom. The summed E-state index contributed by atoms with van der Waals surface area (Å²) in [5.74, 6) is 0.103. The van der Waals surface area contributed by atoms with E-state index in [1.807, 2.05) is 49.6 Å². The number of carbonyl (C=O) groups is 1. The standard InChI is InChI=1S/C21H26N6O/c1-25-8-6-19(7-9-25)27(3)21(28)12-18-11-16-10-15(4-5-20(16)24-23-18)17-13-22-26(2)14-17/h4-5,10-11,13-14,19H,6-9,12H2,1-3H3. The van der Waals surface area contributed by atoms with E-state index in [4.69, 9.17) is 0 Å². The van der Waals surface area contributed by atoms with Crippen LogP contribution in [0, 0.1) is 0 Å². The zero-order valence-electron chi connectivity index (χ0n) is 16.7. The minimum absolute atomic E-state index is 0.103. The topological polar surface area (TPSA) is 67.2 Å². The molecule has 1 aliphatic rings. The summed E-state index contributed by atoms with van der Waals surface area (Å²) in [6.07, 6.45) is 6.16. The first kappa shape index (κ1) is 18.6. The maximum absolute atomic E-state index is 12.8. The number of aromatic nitrogens is 4. The number of carbonyl (C=O) groups excluding carboxylic acids is 1. The number of likely N-dealkylation sites (tertiary alicyclic amines) is 1. The lowest BCUT2D eigenvalue weighted by molar-refractivity contribution is -0.132. The molecule has 3 heterocycles. The van der Waals surface area contributed by atoms with Crippen molar-refractivity contribution in [3.63, 3.8) is 0 Å². The van der Waals surface area contributed by atoms with Crippen LogP contribution in [0.5, 0.6) is 0 Å². The molecule has 3 aromatic rings. The highest BCUT2D eigenvalue weighted by Gasteiger charge is 2.24. The maximum Gasteiger partial charge on any atom is 0.228 e. The third-order valence-corrected chi connectivity index (χ3v) is 5.64. The van der Waals surface area contributed by atoms with E-state index in [-0.39, 0.29) is 12.3 Å². The van der Waals surface area contributed by atoms with Crippen molar-refractivity contribution >= 4 is 16.8 Å². The first-order valence-corrected chi connectivity index (χ1v) is 9.69. The maximum atomic E-state index is 12.8. The van der Waals surface area contributed by atoms with Gasteiger partial charge >= 0.3 is 0 Å². The minimum Gasteiger partial charge on any atom is -0.342 e. The summed E-state index contributed by atoms with van der Waals surface area (Å²) in [6.45, 7) is 2.07. The van der Waals surface area contributed by atoms with Gasteiger partial charge in [-0.1, -0.05) is 6.07 Å². The molecule has 7 heteroatoms. The van der Waals surface area contributed by atoms with E-state index in [1.54, 1.807) is 4.68 Å². The van der Waals surface area contributed by atoms with E-state index in [2.05, 4.69) is 33.3 Å². The van der Waals surface area contributed by atoms with E-state index in [9.17, 15) is 4.79 Å². The monoisotopic (exact) mass is 378 g/mol. The van der Waals surface area contributed by atoms with Crippen molar-refractivity contribution < 1.29 is 4.79 Å². The van der Waals surface area contributed by atoms with Gasteiger partial charge in [0, 0.05) is 37.3 Å². The Labute approximate surface area is 165 Å². The number of hydrogen-bond acceptors (Lipinski definition) is 5. The smallest absolute Gasteiger partial charge is 0.228 e. The molecule has 0 N–H and O–H groups in total. The molecule has 1 fully saturated rings. The molecule has 146 valence electrons. The summed E-state index contributed by atoms with van der Waals surface area (Å²) in [4.78, 5) is 17.0. The molecule has 0 radical (unpaired) electrons. The highest BCUT2D eigenvalue weighted by Crippen LogP contribution is 2.23. The fraction of sp³-hybridized carbons (Fsp3) is 0.429. The van der Waals surface area contributed by atoms with Crippen molar-refractivity contribution in [3.05, 3.63) is 42.4 Å². The van der Waals surface area contributed by atoms with Gasteiger partial charge in [-0.05, 0) is 56.7 Å². The van der Waals surface area contributed by atoms with Crippen molar-refractivity contribution in [2.24, 2.45) is 7.05 Å². The number of hydrogen-bond donors (Lipinski definition) is 0. The molecule has 7 nitrogen and oxygen atoms in total. The van der Waals surface area contributed by atoms with E-state index < -0.39 is 0 Å². The first-order valence-electron chi connectivity index (χ1n) is 9.69. The average Bonchev–Trinajstić information content (AvgIpc) is 3.14. The fourth-order valence-electron chi connectivity index (χ4n) is 3.79. The van der Waals surface area contributed by atoms with Crippen LogP contribution < -0.4 is 0 Å². The van der Waals surface area contributed by atoms with E-state index in [1.165, 1.54) is 0 Å². The van der Waals surface area contributed by atoms with Crippen LogP contribution in [0.3, 0.4) is 0 Å². The van der Waals surface area contributed by atoms with Gasteiger partial charge in [0.2, 0.25) is 5.91 Å². The van der Waals surface area contributed by atoms with Crippen molar-refractivity contribution in [2.45, 2.75) is 25.3 Å². The Hall–Kier alpha value is -2.80. The third kappa shape index (κ3) is 3.89. The van der Waals surface area contributed by atoms with Gasteiger partial charge in [0.1, 0.15) is 0 Å². The highest BCUT2D eigenvalue weighted by molar-refractivity contribution is 5.85. The first-order chi connectivity index (χ1) is 13.5. The Kier molecular flexibility index (Phi) is 5.09. The lowest BCUT2D eigenvalue weighted by atomic mass is 10.0. The zero-order chi connectivity index (χ0) is 19.7. The molecule has 0 unspecified atom stereocenters. The molecule has 1 aliphatic heterocycles. The molecule has 1 saturated heterocycles. The Balaban J connectivity index is 1.51. The summed E-state index contributed by atoms with van der Waals surface area (Å²) in [6, 6.07) is 8.35. The largest absolute Gasteiger partial charge is 0.342 e. The normalized spacial score (nSPS) is 15.8. The molecule has 2 aromatic heterocycles. The minimum atomic E-state index is 0.103. The van der Waals surface area contributed by atoms with Gasteiger partial charge in [-0.2, -0.15) is 15.3 Å². The van der Waals surface area contributed by atoms with Crippen molar-refractivity contribution in [1.29, 1.82) is 0 Å². The van der Waals surface area contributed by atoms with Crippen LogP contribution in [0.4, 0.5) is 0 Å². The zero-order valence-corrected chi connectivity index (χ0v) is 16.7. The van der Waals surface area contributed by atoms with Crippen molar-refractivity contribution in [1.82, 2.24) is 29.8 Å². The number of rotatable bonds is 4. The van der Waals surface area contributed by atoms with Gasteiger partial charge in [-0.3, -0.25) is 9.48 Å². The molecular formula is C21H26N6O. The van der Waals surface area contributed by atoms with Crippen LogP contribution in [0.1, 0.15) is 18.5 Å². The lowest BCUT2D eigenvalue weighted by Crippen LogP contribution is -2.45. The molecule has 4 rings (SSSR count). The van der Waals surface area contributed by atoms with Gasteiger partial charge in [0.05, 0.1) is 23.8 Å². The van der Waals surface area contributed by atoms with Gasteiger partial charge in [0.15, 0.2) is 0 Å². The van der Waals surface area contributed by atoms with Crippen LogP contribution in [0.25, 0.3) is 22.0 Å². The molecule has 0 saturated carbocycles. The molecule has 0 spiro atoms. The molecule has 0 aliphatic carbocycles. The second kappa shape index (κ2) is 7.67. The predicted molar refractivity (Wildman–Crippen MR) is 109 cm³/mol. The SMILES string of the molecule is CN1CCC(N(C)C(=O)Cc2cc3cc(-c4cnn(C)c4)ccc3nn2)CC1. The van der Waals surface area contributed by atoms with Gasteiger partial charge < -0.3 is 9.80 Å². The number of likely N-dealkylation sites (N-methyl/N-ethyl adjacent to an activating group) is 1. The summed E-state index contributed by atoms with van der Waals surface area (Å²) in [5, 5.41) is 13.8. The molecule has 28 heavy (non-hydrogen) atoms. The summed E-state index contributed by atoms with van der Waals surface area (Å²) >= 11 is 0. The van der Waals surface area contributed by atoms with Crippen LogP contribution >= 0.6 is 0 Å². The van der Waals surface area contributed by atoms with Gasteiger partial charge in [-0.25, -0.2) is 0 Å². The van der Waals surface area contributed by atoms with E-state index in [0.29, 0.717) is 11.7 Å². The highest BCUT2D eigenvalue weighted by atomic mass is 16.2. The summed E-state index contributed by atoms with van der Waals surface area (Å²) in [5.41, 5.74) is 3.67. The van der Waals surface area contributed by atoms with Crippen LogP contribution in [0.2, 0.25) is 0 Å². The summed E-state index contributed by atoms with van der Waals surface area (Å²) in [7, 11) is 5.94. The van der Waals surface area contributed by atoms with E-state index >= 15 is 0 Å². The third-order valence-electron chi connectivity index (χ3n) is 5.64. The van der Waals surface area contributed by atoms with Gasteiger partial charge in [-0.15, -0.1) is 0 Å². The van der Waals surface area contributed by atoms with E-state index in [0.717, 1.165) is 48.0 Å². The Bertz CT molecular complexity index is 989. The Morgan fingerprint density at radius 3 is 2.64 bits per heavy atom. The average molecular weight is 378 g/mol. The van der Waals surface area contributed by atoms with Crippen LogP contribution in [-0.2, 0) is 18.3 Å². The number of nitrogens with zero attached hydrogens (tertiary/aromatic N) is 6. The lowest BCUT2D eigenvalue weighted by Gasteiger charge is -2.35. The number of piperidine rings is 1. The number of benzene rings is 1. The van der Waals surface area contributed by atoms with Crippen LogP contribution in [-0.4, -0.2) is 68.9 Å². The number of aryl methyl sites for hydroxylation is 1. The number of amides is 1. The van der Waals surface area contributed by atoms with Crippen LogP contribution in [0.15, 0.2) is 36.7 Å². The summed E-state index contributed by atoms with van der Waals surface area (Å²) < 4.78 is 1.79. The molecule has 1 aromatic carbocycles. The second-order valence-electron chi connectivity index (χ2n) is 7.73. The molecule has 0 atom stereocenters. The fourth-order valence-corrected chi connectivity index (χ4v) is 3.79.